The van der Waals surface area contributed by atoms with E-state index in [0.29, 0.717) is 31.0 Å². The van der Waals surface area contributed by atoms with Gasteiger partial charge in [-0.1, -0.05) is 65.7 Å². The van der Waals surface area contributed by atoms with Crippen molar-refractivity contribution >= 4 is 19.9 Å². The Morgan fingerprint density at radius 3 is 2.43 bits per heavy atom. The maximum Gasteiger partial charge on any atom is 0.252 e. The lowest BCUT2D eigenvalue weighted by Crippen LogP contribution is -2.46. The van der Waals surface area contributed by atoms with Crippen molar-refractivity contribution in [2.75, 3.05) is 18.1 Å². The van der Waals surface area contributed by atoms with Crippen molar-refractivity contribution in [1.82, 2.24) is 4.98 Å². The summed E-state index contributed by atoms with van der Waals surface area (Å²) in [4.78, 5) is 20.9. The predicted octanol–water partition coefficient (Wildman–Crippen LogP) is 6.96. The molecule has 3 aromatic rings. The van der Waals surface area contributed by atoms with Crippen LogP contribution < -0.4 is 19.8 Å². The van der Waals surface area contributed by atoms with Crippen molar-refractivity contribution in [3.05, 3.63) is 82.3 Å². The molecule has 234 valence electrons. The van der Waals surface area contributed by atoms with Crippen LogP contribution in [0.5, 0.6) is 11.6 Å². The van der Waals surface area contributed by atoms with E-state index < -0.39 is 19.8 Å². The zero-order valence-electron chi connectivity index (χ0n) is 27.4. The summed E-state index contributed by atoms with van der Waals surface area (Å²) in [6.07, 6.45) is 7.00. The summed E-state index contributed by atoms with van der Waals surface area (Å²) in [7, 11) is -2.24. The van der Waals surface area contributed by atoms with Crippen molar-refractivity contribution in [2.24, 2.45) is 5.73 Å². The van der Waals surface area contributed by atoms with Gasteiger partial charge in [-0.25, -0.2) is 9.37 Å². The topological polar surface area (TPSA) is 77.7 Å². The largest absolute Gasteiger partial charge is 0.530 e. The molecule has 0 fully saturated rings. The Bertz CT molecular complexity index is 1550. The van der Waals surface area contributed by atoms with Crippen LogP contribution in [0.15, 0.2) is 48.5 Å². The SMILES string of the molecule is C#CCOc1ccc(C[C@H](N)C(=O)N2CC(C)(C)c3nc(O[Si](C)(C)C(C)(C)C)c(Cc4ccc(F)cc4)cc32)c(CC)c1. The molecule has 2 aromatic carbocycles. The summed E-state index contributed by atoms with van der Waals surface area (Å²) < 4.78 is 26.1. The fraction of sp³-hybridized carbons (Fsp3) is 0.444. The van der Waals surface area contributed by atoms with E-state index in [-0.39, 0.29) is 23.4 Å². The van der Waals surface area contributed by atoms with Crippen molar-refractivity contribution in [2.45, 2.75) is 90.4 Å². The number of fused-ring (bicyclic) bond motifs is 1. The lowest BCUT2D eigenvalue weighted by atomic mass is 9.91. The minimum atomic E-state index is -2.24. The van der Waals surface area contributed by atoms with Crippen molar-refractivity contribution in [3.8, 4) is 24.0 Å². The second-order valence-electron chi connectivity index (χ2n) is 13.9. The molecule has 0 saturated heterocycles. The second kappa shape index (κ2) is 12.7. The number of hydrogen-bond acceptors (Lipinski definition) is 5. The first-order valence-corrected chi connectivity index (χ1v) is 18.2. The summed E-state index contributed by atoms with van der Waals surface area (Å²) in [6.45, 7) is 17.9. The van der Waals surface area contributed by atoms with Gasteiger partial charge in [0.25, 0.3) is 8.32 Å². The van der Waals surface area contributed by atoms with E-state index in [0.717, 1.165) is 40.1 Å². The quantitative estimate of drug-likeness (QED) is 0.197. The summed E-state index contributed by atoms with van der Waals surface area (Å²) in [5.41, 5.74) is 11.7. The average molecular weight is 616 g/mol. The van der Waals surface area contributed by atoms with E-state index in [2.05, 4.69) is 60.6 Å². The zero-order chi connectivity index (χ0) is 32.4. The van der Waals surface area contributed by atoms with Gasteiger partial charge < -0.3 is 19.8 Å². The van der Waals surface area contributed by atoms with Crippen molar-refractivity contribution < 1.29 is 18.3 Å². The number of carbonyl (C=O) groups is 1. The molecular weight excluding hydrogens is 569 g/mol. The average Bonchev–Trinajstić information content (AvgIpc) is 3.21. The molecule has 1 amide bonds. The molecule has 4 rings (SSSR count). The molecule has 0 bridgehead atoms. The summed E-state index contributed by atoms with van der Waals surface area (Å²) >= 11 is 0. The van der Waals surface area contributed by atoms with Crippen LogP contribution in [0.2, 0.25) is 18.1 Å². The maximum atomic E-state index is 14.0. The standard InChI is InChI=1S/C36H46FN3O3Si/c1-10-18-42-29-17-14-26(25(11-2)20-29)21-30(38)34(41)40-23-36(6,7)32-31(40)22-27(19-24-12-15-28(37)16-13-24)33(39-32)43-44(8,9)35(3,4)5/h1,12-17,20,22,30H,11,18-19,21,23,38H2,2-9H3/t30-/m0/s1. The third-order valence-corrected chi connectivity index (χ3v) is 13.2. The highest BCUT2D eigenvalue weighted by Crippen LogP contribution is 2.44. The van der Waals surface area contributed by atoms with Crippen molar-refractivity contribution in [3.63, 3.8) is 0 Å². The fourth-order valence-electron chi connectivity index (χ4n) is 5.28. The third-order valence-electron chi connectivity index (χ3n) is 8.90. The molecule has 2 heterocycles. The summed E-state index contributed by atoms with van der Waals surface area (Å²) in [6, 6.07) is 13.5. The third kappa shape index (κ3) is 7.17. The van der Waals surface area contributed by atoms with Crippen LogP contribution in [0.1, 0.15) is 69.5 Å². The number of halogens is 1. The molecule has 1 atom stereocenters. The highest BCUT2D eigenvalue weighted by atomic mass is 28.4. The number of rotatable bonds is 10. The van der Waals surface area contributed by atoms with E-state index in [1.165, 1.54) is 12.1 Å². The first-order chi connectivity index (χ1) is 20.6. The Balaban J connectivity index is 1.70. The molecule has 44 heavy (non-hydrogen) atoms. The normalized spacial score (nSPS) is 15.0. The van der Waals surface area contributed by atoms with Gasteiger partial charge in [-0.3, -0.25) is 4.79 Å². The number of nitrogens with zero attached hydrogens (tertiary/aromatic N) is 2. The Kier molecular flexibility index (Phi) is 9.62. The number of pyridine rings is 1. The minimum Gasteiger partial charge on any atom is -0.530 e. The van der Waals surface area contributed by atoms with Crippen LogP contribution in [0.3, 0.4) is 0 Å². The molecule has 8 heteroatoms. The van der Waals surface area contributed by atoms with E-state index >= 15 is 0 Å². The van der Waals surface area contributed by atoms with Crippen LogP contribution >= 0.6 is 0 Å². The molecule has 6 nitrogen and oxygen atoms in total. The second-order valence-corrected chi connectivity index (χ2v) is 18.6. The first-order valence-electron chi connectivity index (χ1n) is 15.3. The molecule has 0 spiro atoms. The number of ether oxygens (including phenoxy) is 1. The monoisotopic (exact) mass is 615 g/mol. The molecule has 0 saturated carbocycles. The lowest BCUT2D eigenvalue weighted by molar-refractivity contribution is -0.119. The lowest BCUT2D eigenvalue weighted by Gasteiger charge is -2.36. The van der Waals surface area contributed by atoms with Gasteiger partial charge >= 0.3 is 0 Å². The van der Waals surface area contributed by atoms with Gasteiger partial charge in [0.2, 0.25) is 11.8 Å². The summed E-state index contributed by atoms with van der Waals surface area (Å²) in [5.74, 6) is 3.34. The predicted molar refractivity (Wildman–Crippen MR) is 178 cm³/mol. The van der Waals surface area contributed by atoms with Crippen LogP contribution in [0, 0.1) is 18.2 Å². The van der Waals surface area contributed by atoms with Crippen LogP contribution in [-0.2, 0) is 29.5 Å². The fourth-order valence-corrected chi connectivity index (χ4v) is 6.25. The molecule has 0 radical (unpaired) electrons. The van der Waals surface area contributed by atoms with Gasteiger partial charge in [-0.05, 0) is 78.0 Å². The van der Waals surface area contributed by atoms with Gasteiger partial charge in [0.1, 0.15) is 18.2 Å². The van der Waals surface area contributed by atoms with Gasteiger partial charge in [-0.15, -0.1) is 6.42 Å². The molecule has 1 aliphatic heterocycles. The number of terminal acetylenes is 1. The van der Waals surface area contributed by atoms with E-state index in [4.69, 9.17) is 26.3 Å². The number of anilines is 1. The smallest absolute Gasteiger partial charge is 0.252 e. The number of carbonyl (C=O) groups excluding carboxylic acids is 1. The van der Waals surface area contributed by atoms with E-state index in [1.807, 2.05) is 24.3 Å². The molecule has 2 N–H and O–H groups in total. The minimum absolute atomic E-state index is 0.0336. The van der Waals surface area contributed by atoms with Gasteiger partial charge in [0.05, 0.1) is 17.4 Å². The number of aryl methyl sites for hydroxylation is 1. The van der Waals surface area contributed by atoms with Gasteiger partial charge in [0.15, 0.2) is 0 Å². The molecule has 0 aliphatic carbocycles. The van der Waals surface area contributed by atoms with Crippen LogP contribution in [-0.4, -0.2) is 38.4 Å². The Morgan fingerprint density at radius 1 is 1.14 bits per heavy atom. The maximum absolute atomic E-state index is 14.0. The molecule has 0 unspecified atom stereocenters. The highest BCUT2D eigenvalue weighted by Gasteiger charge is 2.44. The summed E-state index contributed by atoms with van der Waals surface area (Å²) in [5, 5.41) is -0.0336. The number of benzene rings is 2. The highest BCUT2D eigenvalue weighted by molar-refractivity contribution is 6.74. The molecular formula is C36H46FN3O3Si. The Hall–Kier alpha value is -3.67. The number of hydrogen-bond donors (Lipinski definition) is 1. The Morgan fingerprint density at radius 2 is 1.82 bits per heavy atom. The van der Waals surface area contributed by atoms with E-state index in [9.17, 15) is 9.18 Å². The van der Waals surface area contributed by atoms with Gasteiger partial charge in [-0.2, -0.15) is 0 Å². The molecule has 1 aromatic heterocycles. The van der Waals surface area contributed by atoms with Crippen LogP contribution in [0.25, 0.3) is 0 Å². The van der Waals surface area contributed by atoms with Crippen molar-refractivity contribution in [1.29, 1.82) is 0 Å². The number of amides is 1. The van der Waals surface area contributed by atoms with Crippen LogP contribution in [0.4, 0.5) is 10.1 Å². The Labute approximate surface area is 263 Å². The zero-order valence-corrected chi connectivity index (χ0v) is 28.4. The van der Waals surface area contributed by atoms with E-state index in [1.54, 1.807) is 17.0 Å². The number of aromatic nitrogens is 1. The molecule has 1 aliphatic rings. The first kappa shape index (κ1) is 33.2. The number of nitrogens with two attached hydrogens (primary N) is 1. The van der Waals surface area contributed by atoms with Gasteiger partial charge in [0, 0.05) is 23.9 Å².